The standard InChI is InChI=1S/C34H23ClFNO3/c1-19-6-8-21(9-7-19)31(38)30-29(20-10-14-24(36)15-11-20)34(32(39)25-4-2-3-5-26(25)33(34)40)28-17-12-22-18-23(35)13-16-27(22)37(28)30/h2-18,28-30H,1H3/t28-,29+,30+/m1/s1. The Bertz CT molecular complexity index is 1720. The minimum Gasteiger partial charge on any atom is -0.352 e. The molecule has 3 aliphatic rings. The maximum absolute atomic E-state index is 14.6. The van der Waals surface area contributed by atoms with Gasteiger partial charge in [-0.2, -0.15) is 0 Å². The minimum absolute atomic E-state index is 0.219. The first-order chi connectivity index (χ1) is 19.3. The fourth-order valence-electron chi connectivity index (χ4n) is 6.88. The topological polar surface area (TPSA) is 54.5 Å². The van der Waals surface area contributed by atoms with Crippen LogP contribution in [0.15, 0.2) is 97.1 Å². The highest BCUT2D eigenvalue weighted by Gasteiger charge is 2.71. The number of carbonyl (C=O) groups excluding carboxylic acids is 3. The van der Waals surface area contributed by atoms with Crippen molar-refractivity contribution in [3.8, 4) is 0 Å². The molecule has 3 atom stereocenters. The van der Waals surface area contributed by atoms with Crippen molar-refractivity contribution < 1.29 is 18.8 Å². The van der Waals surface area contributed by atoms with Crippen molar-refractivity contribution in [2.75, 3.05) is 4.90 Å². The number of ketones is 3. The molecule has 4 aromatic carbocycles. The number of rotatable bonds is 3. The number of hydrogen-bond acceptors (Lipinski definition) is 4. The molecular weight excluding hydrogens is 525 g/mol. The SMILES string of the molecule is Cc1ccc(C(=O)[C@@H]2[C@H](c3ccc(F)cc3)C3(C(=O)c4ccccc4C3=O)[C@H]3C=Cc4cc(Cl)ccc4N23)cc1. The van der Waals surface area contributed by atoms with Gasteiger partial charge in [-0.15, -0.1) is 0 Å². The first-order valence-corrected chi connectivity index (χ1v) is 13.5. The largest absolute Gasteiger partial charge is 0.352 e. The maximum atomic E-state index is 14.6. The van der Waals surface area contributed by atoms with Gasteiger partial charge in [-0.1, -0.05) is 90.0 Å². The molecule has 0 amide bonds. The van der Waals surface area contributed by atoms with Crippen molar-refractivity contribution in [1.29, 1.82) is 0 Å². The summed E-state index contributed by atoms with van der Waals surface area (Å²) in [6.07, 6.45) is 3.72. The summed E-state index contributed by atoms with van der Waals surface area (Å²) in [5, 5.41) is 0.535. The maximum Gasteiger partial charge on any atom is 0.185 e. The van der Waals surface area contributed by atoms with Gasteiger partial charge in [0.05, 0.1) is 6.04 Å². The lowest BCUT2D eigenvalue weighted by molar-refractivity contribution is 0.0666. The summed E-state index contributed by atoms with van der Waals surface area (Å²) in [6.45, 7) is 1.94. The van der Waals surface area contributed by atoms with Crippen molar-refractivity contribution in [2.24, 2.45) is 5.41 Å². The molecule has 0 bridgehead atoms. The third-order valence-corrected chi connectivity index (χ3v) is 8.83. The summed E-state index contributed by atoms with van der Waals surface area (Å²) >= 11 is 6.33. The highest BCUT2D eigenvalue weighted by Crippen LogP contribution is 2.61. The third-order valence-electron chi connectivity index (χ3n) is 8.60. The molecule has 0 saturated carbocycles. The molecule has 0 radical (unpaired) electrons. The van der Waals surface area contributed by atoms with E-state index >= 15 is 0 Å². The molecular formula is C34H23ClFNO3. The van der Waals surface area contributed by atoms with Gasteiger partial charge >= 0.3 is 0 Å². The molecule has 4 nitrogen and oxygen atoms in total. The molecule has 0 N–H and O–H groups in total. The van der Waals surface area contributed by atoms with Crippen LogP contribution < -0.4 is 4.90 Å². The van der Waals surface area contributed by atoms with Gasteiger partial charge in [-0.3, -0.25) is 14.4 Å². The third kappa shape index (κ3) is 3.28. The molecule has 0 unspecified atom stereocenters. The van der Waals surface area contributed by atoms with Crippen molar-refractivity contribution in [3.05, 3.63) is 141 Å². The monoisotopic (exact) mass is 547 g/mol. The van der Waals surface area contributed by atoms with Crippen molar-refractivity contribution in [2.45, 2.75) is 24.9 Å². The highest BCUT2D eigenvalue weighted by molar-refractivity contribution is 6.32. The second-order valence-corrected chi connectivity index (χ2v) is 11.1. The van der Waals surface area contributed by atoms with Crippen LogP contribution in [0.4, 0.5) is 10.1 Å². The van der Waals surface area contributed by atoms with Gasteiger partial charge in [-0.25, -0.2) is 4.39 Å². The number of anilines is 1. The van der Waals surface area contributed by atoms with Gasteiger partial charge < -0.3 is 4.90 Å². The van der Waals surface area contributed by atoms with Gasteiger partial charge in [0, 0.05) is 33.3 Å². The van der Waals surface area contributed by atoms with Crippen LogP contribution in [0.2, 0.25) is 5.02 Å². The Morgan fingerprint density at radius 3 is 2.17 bits per heavy atom. The number of carbonyl (C=O) groups is 3. The zero-order valence-corrected chi connectivity index (χ0v) is 22.2. The van der Waals surface area contributed by atoms with Crippen LogP contribution in [0.5, 0.6) is 0 Å². The van der Waals surface area contributed by atoms with E-state index < -0.39 is 29.2 Å². The molecule has 7 rings (SSSR count). The Morgan fingerprint density at radius 1 is 0.875 bits per heavy atom. The van der Waals surface area contributed by atoms with E-state index in [9.17, 15) is 18.8 Å². The van der Waals surface area contributed by atoms with E-state index in [0.29, 0.717) is 33.0 Å². The fraction of sp³-hybridized carbons (Fsp3) is 0.147. The summed E-state index contributed by atoms with van der Waals surface area (Å²) in [4.78, 5) is 45.6. The van der Waals surface area contributed by atoms with Crippen LogP contribution >= 0.6 is 11.6 Å². The predicted octanol–water partition coefficient (Wildman–Crippen LogP) is 7.10. The summed E-state index contributed by atoms with van der Waals surface area (Å²) in [5.74, 6) is -2.19. The smallest absolute Gasteiger partial charge is 0.185 e. The summed E-state index contributed by atoms with van der Waals surface area (Å²) in [7, 11) is 0. The van der Waals surface area contributed by atoms with Crippen LogP contribution in [0.25, 0.3) is 6.08 Å². The Labute approximate surface area is 235 Å². The lowest BCUT2D eigenvalue weighted by Crippen LogP contribution is -2.48. The number of halogens is 2. The number of aryl methyl sites for hydroxylation is 1. The van der Waals surface area contributed by atoms with Gasteiger partial charge in [0.2, 0.25) is 0 Å². The fourth-order valence-corrected chi connectivity index (χ4v) is 7.06. The van der Waals surface area contributed by atoms with E-state index in [-0.39, 0.29) is 17.3 Å². The van der Waals surface area contributed by atoms with Gasteiger partial charge in [0.15, 0.2) is 17.3 Å². The molecule has 1 spiro atoms. The van der Waals surface area contributed by atoms with Crippen LogP contribution in [0.3, 0.4) is 0 Å². The molecule has 196 valence electrons. The molecule has 2 heterocycles. The van der Waals surface area contributed by atoms with E-state index in [0.717, 1.165) is 11.1 Å². The van der Waals surface area contributed by atoms with Gasteiger partial charge in [-0.05, 0) is 48.4 Å². The molecule has 40 heavy (non-hydrogen) atoms. The van der Waals surface area contributed by atoms with E-state index in [1.54, 1.807) is 54.6 Å². The first kappa shape index (κ1) is 24.7. The second kappa shape index (κ2) is 8.83. The van der Waals surface area contributed by atoms with E-state index in [4.69, 9.17) is 11.6 Å². The van der Waals surface area contributed by atoms with Crippen LogP contribution in [-0.2, 0) is 0 Å². The van der Waals surface area contributed by atoms with Crippen LogP contribution in [0, 0.1) is 18.2 Å². The van der Waals surface area contributed by atoms with Crippen LogP contribution in [0.1, 0.15) is 53.7 Å². The average Bonchev–Trinajstić information content (AvgIpc) is 3.39. The average molecular weight is 548 g/mol. The number of nitrogens with zero attached hydrogens (tertiary/aromatic N) is 1. The van der Waals surface area contributed by atoms with E-state index in [1.807, 2.05) is 48.2 Å². The molecule has 0 aromatic heterocycles. The summed E-state index contributed by atoms with van der Waals surface area (Å²) in [5.41, 5.74) is 2.60. The van der Waals surface area contributed by atoms with Gasteiger partial charge in [0.1, 0.15) is 17.3 Å². The zero-order chi connectivity index (χ0) is 27.8. The summed E-state index contributed by atoms with van der Waals surface area (Å²) in [6, 6.07) is 23.6. The Morgan fingerprint density at radius 2 is 1.52 bits per heavy atom. The Balaban J connectivity index is 1.54. The number of fused-ring (bicyclic) bond motifs is 5. The number of hydrogen-bond donors (Lipinski definition) is 0. The van der Waals surface area contributed by atoms with Crippen molar-refractivity contribution >= 4 is 40.7 Å². The Hall–Kier alpha value is -4.35. The molecule has 1 saturated heterocycles. The quantitative estimate of drug-likeness (QED) is 0.203. The molecule has 4 aromatic rings. The lowest BCUT2D eigenvalue weighted by atomic mass is 9.64. The number of Topliss-reactive ketones (excluding diaryl/α,β-unsaturated/α-hetero) is 3. The highest BCUT2D eigenvalue weighted by atomic mass is 35.5. The molecule has 6 heteroatoms. The lowest BCUT2D eigenvalue weighted by Gasteiger charge is -2.37. The minimum atomic E-state index is -1.62. The first-order valence-electron chi connectivity index (χ1n) is 13.1. The predicted molar refractivity (Wildman–Crippen MR) is 153 cm³/mol. The molecule has 2 aliphatic heterocycles. The van der Waals surface area contributed by atoms with E-state index in [2.05, 4.69) is 0 Å². The zero-order valence-electron chi connectivity index (χ0n) is 21.5. The van der Waals surface area contributed by atoms with Crippen LogP contribution in [-0.4, -0.2) is 29.4 Å². The van der Waals surface area contributed by atoms with Crippen molar-refractivity contribution in [1.82, 2.24) is 0 Å². The van der Waals surface area contributed by atoms with E-state index in [1.165, 1.54) is 12.1 Å². The molecule has 1 fully saturated rings. The number of benzene rings is 4. The summed E-state index contributed by atoms with van der Waals surface area (Å²) < 4.78 is 14.2. The Kier molecular flexibility index (Phi) is 5.45. The second-order valence-electron chi connectivity index (χ2n) is 10.7. The normalized spacial score (nSPS) is 21.9. The van der Waals surface area contributed by atoms with Gasteiger partial charge in [0.25, 0.3) is 0 Å². The van der Waals surface area contributed by atoms with Crippen molar-refractivity contribution in [3.63, 3.8) is 0 Å². The molecule has 1 aliphatic carbocycles.